The lowest BCUT2D eigenvalue weighted by Gasteiger charge is -2.30. The van der Waals surface area contributed by atoms with Gasteiger partial charge in [0.05, 0.1) is 5.01 Å². The van der Waals surface area contributed by atoms with Crippen LogP contribution in [0.15, 0.2) is 11.2 Å². The average molecular weight is 364 g/mol. The zero-order valence-electron chi connectivity index (χ0n) is 15.2. The first-order chi connectivity index (χ1) is 12.1. The molecule has 1 amide bonds. The molecule has 2 fully saturated rings. The van der Waals surface area contributed by atoms with Crippen molar-refractivity contribution in [3.8, 4) is 0 Å². The van der Waals surface area contributed by atoms with E-state index in [0.29, 0.717) is 12.1 Å². The van der Waals surface area contributed by atoms with Crippen molar-refractivity contribution in [2.24, 2.45) is 10.9 Å². The summed E-state index contributed by atoms with van der Waals surface area (Å²) in [4.78, 5) is 22.2. The summed E-state index contributed by atoms with van der Waals surface area (Å²) >= 11 is 1.74. The van der Waals surface area contributed by atoms with Gasteiger partial charge < -0.3 is 16.0 Å². The Labute approximate surface area is 153 Å². The third-order valence-corrected chi connectivity index (χ3v) is 5.81. The van der Waals surface area contributed by atoms with Gasteiger partial charge in [-0.2, -0.15) is 0 Å². The molecule has 0 aromatic carbocycles. The number of carbonyl (C=O) groups excluding carboxylic acids is 1. The van der Waals surface area contributed by atoms with Crippen molar-refractivity contribution in [1.82, 2.24) is 20.9 Å². The lowest BCUT2D eigenvalue weighted by atomic mass is 9.85. The number of rotatable bonds is 6. The SMILES string of the molecule is CN=C(NCCc1ncc(C)s1)NC1CCCC(C(=O)NC2CC2)C1. The van der Waals surface area contributed by atoms with Crippen molar-refractivity contribution in [3.63, 3.8) is 0 Å². The molecule has 1 aromatic rings. The van der Waals surface area contributed by atoms with Crippen LogP contribution < -0.4 is 16.0 Å². The number of aryl methyl sites for hydroxylation is 1. The Balaban J connectivity index is 1.41. The van der Waals surface area contributed by atoms with Crippen LogP contribution in [0.25, 0.3) is 0 Å². The molecule has 0 aliphatic heterocycles. The molecule has 2 saturated carbocycles. The second-order valence-corrected chi connectivity index (χ2v) is 8.42. The minimum absolute atomic E-state index is 0.142. The molecule has 2 aliphatic rings. The summed E-state index contributed by atoms with van der Waals surface area (Å²) in [6.07, 6.45) is 9.20. The average Bonchev–Trinajstić information content (AvgIpc) is 3.33. The quantitative estimate of drug-likeness (QED) is 0.534. The Morgan fingerprint density at radius 1 is 1.28 bits per heavy atom. The number of nitrogens with zero attached hydrogens (tertiary/aromatic N) is 2. The maximum atomic E-state index is 12.3. The molecular formula is C18H29N5OS. The van der Waals surface area contributed by atoms with E-state index in [-0.39, 0.29) is 11.8 Å². The fourth-order valence-corrected chi connectivity index (χ4v) is 4.09. The zero-order valence-corrected chi connectivity index (χ0v) is 16.0. The monoisotopic (exact) mass is 363 g/mol. The standard InChI is InChI=1S/C18H29N5OS/c1-12-11-21-16(25-12)8-9-20-18(19-2)23-15-5-3-4-13(10-15)17(24)22-14-6-7-14/h11,13-15H,3-10H2,1-2H3,(H,22,24)(H2,19,20,23). The predicted octanol–water partition coefficient (Wildman–Crippen LogP) is 2.00. The number of hydrogen-bond donors (Lipinski definition) is 3. The van der Waals surface area contributed by atoms with E-state index < -0.39 is 0 Å². The molecule has 2 atom stereocenters. The van der Waals surface area contributed by atoms with Gasteiger partial charge in [0, 0.05) is 49.1 Å². The van der Waals surface area contributed by atoms with Crippen LogP contribution in [0.2, 0.25) is 0 Å². The molecule has 0 spiro atoms. The summed E-state index contributed by atoms with van der Waals surface area (Å²) in [6, 6.07) is 0.766. The minimum atomic E-state index is 0.142. The smallest absolute Gasteiger partial charge is 0.223 e. The van der Waals surface area contributed by atoms with Gasteiger partial charge in [-0.05, 0) is 39.0 Å². The van der Waals surface area contributed by atoms with Crippen molar-refractivity contribution in [2.75, 3.05) is 13.6 Å². The van der Waals surface area contributed by atoms with E-state index in [1.807, 2.05) is 6.20 Å². The summed E-state index contributed by atoms with van der Waals surface area (Å²) in [7, 11) is 1.79. The Kier molecular flexibility index (Phi) is 6.29. The van der Waals surface area contributed by atoms with Gasteiger partial charge >= 0.3 is 0 Å². The molecule has 2 aliphatic carbocycles. The van der Waals surface area contributed by atoms with Crippen LogP contribution in [0.3, 0.4) is 0 Å². The molecule has 0 saturated heterocycles. The van der Waals surface area contributed by atoms with Crippen molar-refractivity contribution >= 4 is 23.2 Å². The molecule has 2 unspecified atom stereocenters. The lowest BCUT2D eigenvalue weighted by molar-refractivity contribution is -0.126. The van der Waals surface area contributed by atoms with Crippen LogP contribution in [0, 0.1) is 12.8 Å². The number of aliphatic imine (C=N–C) groups is 1. The highest BCUT2D eigenvalue weighted by atomic mass is 32.1. The maximum Gasteiger partial charge on any atom is 0.223 e. The first-order valence-electron chi connectivity index (χ1n) is 9.33. The molecule has 3 N–H and O–H groups in total. The van der Waals surface area contributed by atoms with Crippen LogP contribution in [0.5, 0.6) is 0 Å². The summed E-state index contributed by atoms with van der Waals surface area (Å²) < 4.78 is 0. The largest absolute Gasteiger partial charge is 0.356 e. The third kappa shape index (κ3) is 5.70. The molecule has 1 aromatic heterocycles. The van der Waals surface area contributed by atoms with Crippen molar-refractivity contribution in [3.05, 3.63) is 16.1 Å². The molecule has 1 heterocycles. The predicted molar refractivity (Wildman–Crippen MR) is 102 cm³/mol. The molecule has 0 bridgehead atoms. The summed E-state index contributed by atoms with van der Waals surface area (Å²) in [6.45, 7) is 2.89. The molecule has 25 heavy (non-hydrogen) atoms. The van der Waals surface area contributed by atoms with Crippen LogP contribution in [-0.4, -0.2) is 42.5 Å². The van der Waals surface area contributed by atoms with E-state index in [0.717, 1.165) is 62.5 Å². The number of aromatic nitrogens is 1. The summed E-state index contributed by atoms with van der Waals surface area (Å²) in [5.41, 5.74) is 0. The highest BCUT2D eigenvalue weighted by Gasteiger charge is 2.31. The van der Waals surface area contributed by atoms with Crippen LogP contribution in [0.4, 0.5) is 0 Å². The van der Waals surface area contributed by atoms with Gasteiger partial charge in [0.2, 0.25) is 5.91 Å². The van der Waals surface area contributed by atoms with E-state index >= 15 is 0 Å². The van der Waals surface area contributed by atoms with E-state index in [2.05, 4.69) is 32.9 Å². The number of thiazole rings is 1. The van der Waals surface area contributed by atoms with Gasteiger partial charge in [-0.25, -0.2) is 4.98 Å². The molecular weight excluding hydrogens is 334 g/mol. The van der Waals surface area contributed by atoms with E-state index in [9.17, 15) is 4.79 Å². The second kappa shape index (κ2) is 8.65. The molecule has 0 radical (unpaired) electrons. The number of nitrogens with one attached hydrogen (secondary N) is 3. The summed E-state index contributed by atoms with van der Waals surface area (Å²) in [5, 5.41) is 11.2. The second-order valence-electron chi connectivity index (χ2n) is 7.10. The van der Waals surface area contributed by atoms with Crippen LogP contribution >= 0.6 is 11.3 Å². The Morgan fingerprint density at radius 2 is 2.12 bits per heavy atom. The van der Waals surface area contributed by atoms with Crippen LogP contribution in [-0.2, 0) is 11.2 Å². The van der Waals surface area contributed by atoms with E-state index in [4.69, 9.17) is 0 Å². The number of amides is 1. The normalized spacial score (nSPS) is 24.0. The van der Waals surface area contributed by atoms with Gasteiger partial charge in [-0.15, -0.1) is 11.3 Å². The topological polar surface area (TPSA) is 78.4 Å². The lowest BCUT2D eigenvalue weighted by Crippen LogP contribution is -2.47. The van der Waals surface area contributed by atoms with Crippen LogP contribution in [0.1, 0.15) is 48.4 Å². The third-order valence-electron chi connectivity index (χ3n) is 4.83. The molecule has 6 nitrogen and oxygen atoms in total. The van der Waals surface area contributed by atoms with Crippen molar-refractivity contribution in [2.45, 2.75) is 64.0 Å². The fourth-order valence-electron chi connectivity index (χ4n) is 3.30. The van der Waals surface area contributed by atoms with Gasteiger partial charge in [0.25, 0.3) is 0 Å². The number of hydrogen-bond acceptors (Lipinski definition) is 4. The Morgan fingerprint density at radius 3 is 2.80 bits per heavy atom. The molecule has 138 valence electrons. The Hall–Kier alpha value is -1.63. The number of guanidine groups is 1. The van der Waals surface area contributed by atoms with E-state index in [1.54, 1.807) is 18.4 Å². The summed E-state index contributed by atoms with van der Waals surface area (Å²) in [5.74, 6) is 1.21. The fraction of sp³-hybridized carbons (Fsp3) is 0.722. The number of carbonyl (C=O) groups is 1. The Bertz CT molecular complexity index is 610. The van der Waals surface area contributed by atoms with Crippen molar-refractivity contribution < 1.29 is 4.79 Å². The van der Waals surface area contributed by atoms with Gasteiger partial charge in [0.15, 0.2) is 5.96 Å². The minimum Gasteiger partial charge on any atom is -0.356 e. The first-order valence-corrected chi connectivity index (χ1v) is 10.1. The van der Waals surface area contributed by atoms with E-state index in [1.165, 1.54) is 4.88 Å². The molecule has 7 heteroatoms. The highest BCUT2D eigenvalue weighted by molar-refractivity contribution is 7.11. The van der Waals surface area contributed by atoms with Gasteiger partial charge in [-0.3, -0.25) is 9.79 Å². The van der Waals surface area contributed by atoms with Gasteiger partial charge in [0.1, 0.15) is 0 Å². The van der Waals surface area contributed by atoms with Crippen molar-refractivity contribution in [1.29, 1.82) is 0 Å². The zero-order chi connectivity index (χ0) is 17.6. The van der Waals surface area contributed by atoms with Gasteiger partial charge in [-0.1, -0.05) is 6.42 Å². The first kappa shape index (κ1) is 18.2. The highest BCUT2D eigenvalue weighted by Crippen LogP contribution is 2.26. The molecule has 3 rings (SSSR count). The maximum absolute atomic E-state index is 12.3.